The second kappa shape index (κ2) is 12.0. The van der Waals surface area contributed by atoms with Crippen molar-refractivity contribution in [2.45, 2.75) is 59.2 Å². The Morgan fingerprint density at radius 3 is 2.87 bits per heavy atom. The van der Waals surface area contributed by atoms with Crippen LogP contribution in [-0.4, -0.2) is 41.8 Å². The minimum Gasteiger partial charge on any atom is -0.494 e. The smallest absolute Gasteiger partial charge is 0.191 e. The molecule has 1 aromatic heterocycles. The van der Waals surface area contributed by atoms with Crippen molar-refractivity contribution in [1.29, 1.82) is 0 Å². The fraction of sp³-hybridized carbons (Fsp3) is 0.545. The Bertz CT molecular complexity index is 837. The van der Waals surface area contributed by atoms with E-state index in [0.29, 0.717) is 13.2 Å². The van der Waals surface area contributed by atoms with Crippen LogP contribution in [0.1, 0.15) is 43.6 Å². The van der Waals surface area contributed by atoms with Crippen LogP contribution in [0.2, 0.25) is 0 Å². The number of fused-ring (bicyclic) bond motifs is 1. The van der Waals surface area contributed by atoms with Gasteiger partial charge in [0.2, 0.25) is 0 Å². The zero-order valence-electron chi connectivity index (χ0n) is 18.4. The van der Waals surface area contributed by atoms with Gasteiger partial charge in [-0.1, -0.05) is 0 Å². The quantitative estimate of drug-likeness (QED) is 0.225. The van der Waals surface area contributed by atoms with Crippen molar-refractivity contribution >= 4 is 29.9 Å². The number of aryl methyl sites for hydroxylation is 2. The van der Waals surface area contributed by atoms with Crippen molar-refractivity contribution in [2.75, 3.05) is 20.2 Å². The molecule has 0 amide bonds. The Labute approximate surface area is 196 Å². The van der Waals surface area contributed by atoms with E-state index in [4.69, 9.17) is 9.47 Å². The first kappa shape index (κ1) is 24.3. The fourth-order valence-electron chi connectivity index (χ4n) is 3.56. The van der Waals surface area contributed by atoms with Crippen molar-refractivity contribution in [3.63, 3.8) is 0 Å². The van der Waals surface area contributed by atoms with Gasteiger partial charge < -0.3 is 24.7 Å². The lowest BCUT2D eigenvalue weighted by Gasteiger charge is -2.16. The molecule has 8 heteroatoms. The van der Waals surface area contributed by atoms with Crippen LogP contribution in [0.5, 0.6) is 11.5 Å². The number of ether oxygens (including phenoxy) is 2. The van der Waals surface area contributed by atoms with Crippen LogP contribution in [0, 0.1) is 6.92 Å². The van der Waals surface area contributed by atoms with E-state index >= 15 is 0 Å². The van der Waals surface area contributed by atoms with Crippen LogP contribution in [-0.2, 0) is 19.5 Å². The SMILES string of the molecule is CCOc1cc2c(cc1CNC(=NC)NCCCCn1ccnc1C)OC(C)C2.I. The van der Waals surface area contributed by atoms with Crippen LogP contribution in [0.25, 0.3) is 0 Å². The normalized spacial score (nSPS) is 15.2. The van der Waals surface area contributed by atoms with Gasteiger partial charge in [-0.05, 0) is 45.7 Å². The second-order valence-corrected chi connectivity index (χ2v) is 7.36. The minimum atomic E-state index is 0. The fourth-order valence-corrected chi connectivity index (χ4v) is 3.56. The summed E-state index contributed by atoms with van der Waals surface area (Å²) in [6.07, 6.45) is 7.19. The molecule has 1 atom stereocenters. The summed E-state index contributed by atoms with van der Waals surface area (Å²) in [4.78, 5) is 8.59. The third-order valence-electron chi connectivity index (χ3n) is 5.09. The summed E-state index contributed by atoms with van der Waals surface area (Å²) in [6.45, 7) is 9.28. The molecule has 0 bridgehead atoms. The molecule has 3 rings (SSSR count). The zero-order valence-corrected chi connectivity index (χ0v) is 20.7. The van der Waals surface area contributed by atoms with Gasteiger partial charge >= 0.3 is 0 Å². The van der Waals surface area contributed by atoms with Crippen molar-refractivity contribution in [3.8, 4) is 11.5 Å². The maximum Gasteiger partial charge on any atom is 0.191 e. The van der Waals surface area contributed by atoms with Gasteiger partial charge in [0.05, 0.1) is 6.61 Å². The number of hydrogen-bond acceptors (Lipinski definition) is 4. The van der Waals surface area contributed by atoms with Crippen LogP contribution in [0.4, 0.5) is 0 Å². The molecule has 1 unspecified atom stereocenters. The van der Waals surface area contributed by atoms with Crippen LogP contribution >= 0.6 is 24.0 Å². The lowest BCUT2D eigenvalue weighted by Crippen LogP contribution is -2.37. The van der Waals surface area contributed by atoms with E-state index < -0.39 is 0 Å². The first-order valence-electron chi connectivity index (χ1n) is 10.5. The van der Waals surface area contributed by atoms with E-state index in [0.717, 1.165) is 61.2 Å². The van der Waals surface area contributed by atoms with Crippen molar-refractivity contribution in [3.05, 3.63) is 41.5 Å². The molecule has 2 N–H and O–H groups in total. The predicted octanol–water partition coefficient (Wildman–Crippen LogP) is 3.68. The lowest BCUT2D eigenvalue weighted by molar-refractivity contribution is 0.254. The van der Waals surface area contributed by atoms with Crippen LogP contribution in [0.15, 0.2) is 29.5 Å². The number of aliphatic imine (C=N–C) groups is 1. The third-order valence-corrected chi connectivity index (χ3v) is 5.09. The molecule has 166 valence electrons. The summed E-state index contributed by atoms with van der Waals surface area (Å²) >= 11 is 0. The van der Waals surface area contributed by atoms with E-state index in [1.165, 1.54) is 5.56 Å². The molecule has 0 aliphatic carbocycles. The molecular formula is C22H34IN5O2. The van der Waals surface area contributed by atoms with E-state index in [1.807, 2.05) is 26.2 Å². The van der Waals surface area contributed by atoms with Gasteiger partial charge in [-0.25, -0.2) is 4.98 Å². The highest BCUT2D eigenvalue weighted by molar-refractivity contribution is 14.0. The number of benzene rings is 1. The highest BCUT2D eigenvalue weighted by Crippen LogP contribution is 2.35. The van der Waals surface area contributed by atoms with E-state index in [-0.39, 0.29) is 30.1 Å². The standard InChI is InChI=1S/C22H33N5O2.HI/c1-5-28-20-13-18-12-16(2)29-21(18)14-19(20)15-26-22(23-4)25-8-6-7-10-27-11-9-24-17(27)3;/h9,11,13-14,16H,5-8,10,12,15H2,1-4H3,(H2,23,25,26);1H. The topological polar surface area (TPSA) is 72.7 Å². The first-order chi connectivity index (χ1) is 14.1. The van der Waals surface area contributed by atoms with E-state index in [1.54, 1.807) is 7.05 Å². The molecule has 1 aliphatic heterocycles. The van der Waals surface area contributed by atoms with Gasteiger partial charge in [0, 0.05) is 56.6 Å². The maximum absolute atomic E-state index is 5.91. The second-order valence-electron chi connectivity index (χ2n) is 7.36. The molecule has 0 saturated carbocycles. The summed E-state index contributed by atoms with van der Waals surface area (Å²) in [6, 6.07) is 4.21. The largest absolute Gasteiger partial charge is 0.494 e. The average molecular weight is 527 g/mol. The van der Waals surface area contributed by atoms with Crippen molar-refractivity contribution in [1.82, 2.24) is 20.2 Å². The summed E-state index contributed by atoms with van der Waals surface area (Å²) in [7, 11) is 1.79. The molecular weight excluding hydrogens is 493 g/mol. The van der Waals surface area contributed by atoms with Gasteiger partial charge in [-0.2, -0.15) is 0 Å². The molecule has 0 saturated heterocycles. The van der Waals surface area contributed by atoms with Crippen molar-refractivity contribution in [2.24, 2.45) is 4.99 Å². The number of hydrogen-bond donors (Lipinski definition) is 2. The molecule has 7 nitrogen and oxygen atoms in total. The third kappa shape index (κ3) is 6.52. The molecule has 0 fully saturated rings. The van der Waals surface area contributed by atoms with Gasteiger partial charge in [0.1, 0.15) is 23.4 Å². The highest BCUT2D eigenvalue weighted by atomic mass is 127. The Kier molecular flexibility index (Phi) is 9.74. The number of imidazole rings is 1. The van der Waals surface area contributed by atoms with Gasteiger partial charge in [-0.3, -0.25) is 4.99 Å². The Balaban J connectivity index is 0.00000320. The van der Waals surface area contributed by atoms with Gasteiger partial charge in [0.15, 0.2) is 5.96 Å². The average Bonchev–Trinajstić information content (AvgIpc) is 3.28. The number of halogens is 1. The molecule has 0 spiro atoms. The molecule has 2 heterocycles. The number of guanidine groups is 1. The maximum atomic E-state index is 5.91. The zero-order chi connectivity index (χ0) is 20.6. The lowest BCUT2D eigenvalue weighted by atomic mass is 10.1. The minimum absolute atomic E-state index is 0. The molecule has 1 aromatic carbocycles. The van der Waals surface area contributed by atoms with Crippen LogP contribution in [0.3, 0.4) is 0 Å². The summed E-state index contributed by atoms with van der Waals surface area (Å²) in [5, 5.41) is 6.78. The Morgan fingerprint density at radius 1 is 1.33 bits per heavy atom. The molecule has 2 aromatic rings. The van der Waals surface area contributed by atoms with E-state index in [9.17, 15) is 0 Å². The predicted molar refractivity (Wildman–Crippen MR) is 131 cm³/mol. The number of rotatable bonds is 9. The van der Waals surface area contributed by atoms with E-state index in [2.05, 4.69) is 44.2 Å². The number of nitrogens with zero attached hydrogens (tertiary/aromatic N) is 3. The number of unbranched alkanes of at least 4 members (excludes halogenated alkanes) is 1. The molecule has 1 aliphatic rings. The molecule has 30 heavy (non-hydrogen) atoms. The number of aromatic nitrogens is 2. The summed E-state index contributed by atoms with van der Waals surface area (Å²) in [5.74, 6) is 3.74. The summed E-state index contributed by atoms with van der Waals surface area (Å²) in [5.41, 5.74) is 2.30. The van der Waals surface area contributed by atoms with Crippen molar-refractivity contribution < 1.29 is 9.47 Å². The number of nitrogens with one attached hydrogen (secondary N) is 2. The molecule has 0 radical (unpaired) electrons. The first-order valence-corrected chi connectivity index (χ1v) is 10.5. The Morgan fingerprint density at radius 2 is 2.17 bits per heavy atom. The monoisotopic (exact) mass is 527 g/mol. The van der Waals surface area contributed by atoms with Gasteiger partial charge in [0.25, 0.3) is 0 Å². The summed E-state index contributed by atoms with van der Waals surface area (Å²) < 4.78 is 13.9. The highest BCUT2D eigenvalue weighted by Gasteiger charge is 2.21. The van der Waals surface area contributed by atoms with Crippen LogP contribution < -0.4 is 20.1 Å². The Hall–Kier alpha value is -1.97. The van der Waals surface area contributed by atoms with Gasteiger partial charge in [-0.15, -0.1) is 24.0 Å².